The molecule has 0 aliphatic carbocycles. The number of rotatable bonds is 7. The third-order valence-corrected chi connectivity index (χ3v) is 6.71. The Balaban J connectivity index is 2.36. The first-order chi connectivity index (χ1) is 12.6. The first-order valence-corrected chi connectivity index (χ1v) is 10.3. The van der Waals surface area contributed by atoms with E-state index in [1.165, 1.54) is 4.31 Å². The molecule has 1 aromatic carbocycles. The highest BCUT2D eigenvalue weighted by atomic mass is 32.2. The molecule has 2 aromatic rings. The van der Waals surface area contributed by atoms with Crippen molar-refractivity contribution in [1.29, 1.82) is 0 Å². The van der Waals surface area contributed by atoms with E-state index in [-0.39, 0.29) is 23.3 Å². The van der Waals surface area contributed by atoms with E-state index in [1.54, 1.807) is 33.8 Å². The van der Waals surface area contributed by atoms with Crippen LogP contribution in [0.25, 0.3) is 0 Å². The van der Waals surface area contributed by atoms with E-state index in [0.29, 0.717) is 23.3 Å². The van der Waals surface area contributed by atoms with Gasteiger partial charge >= 0.3 is 0 Å². The van der Waals surface area contributed by atoms with Gasteiger partial charge in [-0.1, -0.05) is 29.8 Å². The predicted octanol–water partition coefficient (Wildman–Crippen LogP) is 3.34. The smallest absolute Gasteiger partial charge is 0.244 e. The third-order valence-electron chi connectivity index (χ3n) is 4.45. The van der Waals surface area contributed by atoms with Crippen LogP contribution in [0, 0.1) is 27.7 Å². The molecule has 8 heteroatoms. The predicted molar refractivity (Wildman–Crippen MR) is 104 cm³/mol. The molecule has 148 valence electrons. The second kappa shape index (κ2) is 8.22. The summed E-state index contributed by atoms with van der Waals surface area (Å²) in [5.74, 6) is 0.360. The summed E-state index contributed by atoms with van der Waals surface area (Å²) >= 11 is 0. The van der Waals surface area contributed by atoms with Crippen LogP contribution in [-0.2, 0) is 14.8 Å². The second-order valence-electron chi connectivity index (χ2n) is 6.91. The van der Waals surface area contributed by atoms with Crippen molar-refractivity contribution in [3.8, 4) is 0 Å². The molecule has 1 N–H and O–H groups in total. The van der Waals surface area contributed by atoms with Crippen molar-refractivity contribution in [2.24, 2.45) is 0 Å². The van der Waals surface area contributed by atoms with E-state index in [0.717, 1.165) is 5.56 Å². The van der Waals surface area contributed by atoms with E-state index in [9.17, 15) is 13.2 Å². The summed E-state index contributed by atoms with van der Waals surface area (Å²) in [6.07, 6.45) is 0.583. The summed E-state index contributed by atoms with van der Waals surface area (Å²) in [5.41, 5.74) is 2.35. The summed E-state index contributed by atoms with van der Waals surface area (Å²) in [5, 5.41) is 6.30. The molecule has 0 fully saturated rings. The van der Waals surface area contributed by atoms with Gasteiger partial charge in [0.25, 0.3) is 0 Å². The number of nitrogens with one attached hydrogen (secondary N) is 1. The molecular formula is C19H27N3O4S. The van der Waals surface area contributed by atoms with Crippen molar-refractivity contribution in [1.82, 2.24) is 9.46 Å². The minimum absolute atomic E-state index is 0.262. The maximum atomic E-state index is 13.4. The summed E-state index contributed by atoms with van der Waals surface area (Å²) in [7, 11) is -3.84. The summed E-state index contributed by atoms with van der Waals surface area (Å²) in [6.45, 7) is 10.6. The Morgan fingerprint density at radius 2 is 1.78 bits per heavy atom. The van der Waals surface area contributed by atoms with Crippen LogP contribution in [0.3, 0.4) is 0 Å². The largest absolute Gasteiger partial charge is 0.360 e. The Hall–Kier alpha value is -2.19. The number of sulfonamides is 1. The van der Waals surface area contributed by atoms with Gasteiger partial charge in [-0.2, -0.15) is 4.31 Å². The summed E-state index contributed by atoms with van der Waals surface area (Å²) in [6, 6.07) is 4.92. The van der Waals surface area contributed by atoms with Crippen LogP contribution in [0.15, 0.2) is 27.6 Å². The van der Waals surface area contributed by atoms with E-state index in [1.807, 2.05) is 26.0 Å². The van der Waals surface area contributed by atoms with Crippen molar-refractivity contribution in [2.45, 2.75) is 58.9 Å². The van der Waals surface area contributed by atoms with Crippen LogP contribution >= 0.6 is 0 Å². The van der Waals surface area contributed by atoms with Crippen LogP contribution in [0.5, 0.6) is 0 Å². The number of carbonyl (C=O) groups is 1. The number of benzene rings is 1. The average Bonchev–Trinajstić information content (AvgIpc) is 2.95. The van der Waals surface area contributed by atoms with Crippen molar-refractivity contribution in [3.05, 3.63) is 40.6 Å². The van der Waals surface area contributed by atoms with Gasteiger partial charge < -0.3 is 9.84 Å². The molecule has 1 unspecified atom stereocenters. The molecule has 2 rings (SSSR count). The molecule has 1 amide bonds. The van der Waals surface area contributed by atoms with E-state index < -0.39 is 15.9 Å². The van der Waals surface area contributed by atoms with Gasteiger partial charge in [-0.25, -0.2) is 8.42 Å². The van der Waals surface area contributed by atoms with Crippen LogP contribution in [-0.4, -0.2) is 36.4 Å². The molecule has 0 spiro atoms. The average molecular weight is 394 g/mol. The second-order valence-corrected chi connectivity index (χ2v) is 8.73. The molecule has 1 heterocycles. The Bertz CT molecular complexity index is 911. The Labute approximate surface area is 160 Å². The summed E-state index contributed by atoms with van der Waals surface area (Å²) in [4.78, 5) is 12.7. The van der Waals surface area contributed by atoms with Gasteiger partial charge in [0, 0.05) is 12.1 Å². The van der Waals surface area contributed by atoms with Gasteiger partial charge in [0.2, 0.25) is 15.9 Å². The minimum Gasteiger partial charge on any atom is -0.360 e. The maximum absolute atomic E-state index is 13.4. The van der Waals surface area contributed by atoms with Crippen LogP contribution < -0.4 is 5.32 Å². The zero-order valence-corrected chi connectivity index (χ0v) is 17.5. The Morgan fingerprint density at radius 3 is 2.26 bits per heavy atom. The molecule has 0 saturated heterocycles. The fraction of sp³-hybridized carbons (Fsp3) is 0.474. The highest BCUT2D eigenvalue weighted by molar-refractivity contribution is 7.89. The highest BCUT2D eigenvalue weighted by Gasteiger charge is 2.32. The molecule has 0 bridgehead atoms. The molecule has 0 saturated carbocycles. The number of nitrogens with zero attached hydrogens (tertiary/aromatic N) is 2. The SMILES string of the molecule is CCC(C)N(CC(=O)Nc1cc(C)on1)S(=O)(=O)c1c(C)cc(C)cc1C. The lowest BCUT2D eigenvalue weighted by atomic mass is 10.1. The van der Waals surface area contributed by atoms with E-state index >= 15 is 0 Å². The standard InChI is InChI=1S/C19H27N3O4S/c1-7-15(5)22(11-18(23)20-17-10-16(6)26-21-17)27(24,25)19-13(3)8-12(2)9-14(19)4/h8-10,15H,7,11H2,1-6H3,(H,20,21,23). The van der Waals surface area contributed by atoms with Gasteiger partial charge in [0.05, 0.1) is 11.4 Å². The molecule has 1 atom stereocenters. The van der Waals surface area contributed by atoms with Crippen molar-refractivity contribution in [2.75, 3.05) is 11.9 Å². The fourth-order valence-corrected chi connectivity index (χ4v) is 5.20. The van der Waals surface area contributed by atoms with Gasteiger partial charge in [-0.3, -0.25) is 4.79 Å². The number of aromatic nitrogens is 1. The number of amides is 1. The molecule has 0 aliphatic heterocycles. The lowest BCUT2D eigenvalue weighted by Crippen LogP contribution is -2.43. The number of hydrogen-bond donors (Lipinski definition) is 1. The molecular weight excluding hydrogens is 366 g/mol. The molecule has 27 heavy (non-hydrogen) atoms. The molecule has 7 nitrogen and oxygen atoms in total. The normalized spacial score (nSPS) is 13.0. The Morgan fingerprint density at radius 1 is 1.19 bits per heavy atom. The van der Waals surface area contributed by atoms with E-state index in [2.05, 4.69) is 10.5 Å². The molecule has 0 aliphatic rings. The molecule has 1 aromatic heterocycles. The lowest BCUT2D eigenvalue weighted by Gasteiger charge is -2.28. The number of hydrogen-bond acceptors (Lipinski definition) is 5. The van der Waals surface area contributed by atoms with Gasteiger partial charge in [-0.05, 0) is 52.2 Å². The first-order valence-electron chi connectivity index (χ1n) is 8.89. The van der Waals surface area contributed by atoms with Crippen molar-refractivity contribution >= 4 is 21.7 Å². The first kappa shape index (κ1) is 21.1. The highest BCUT2D eigenvalue weighted by Crippen LogP contribution is 2.27. The maximum Gasteiger partial charge on any atom is 0.244 e. The van der Waals surface area contributed by atoms with Crippen LogP contribution in [0.4, 0.5) is 5.82 Å². The number of anilines is 1. The van der Waals surface area contributed by atoms with Crippen molar-refractivity contribution < 1.29 is 17.7 Å². The zero-order valence-electron chi connectivity index (χ0n) is 16.7. The third kappa shape index (κ3) is 4.75. The minimum atomic E-state index is -3.84. The monoisotopic (exact) mass is 393 g/mol. The molecule has 0 radical (unpaired) electrons. The topological polar surface area (TPSA) is 92.5 Å². The van der Waals surface area contributed by atoms with Crippen molar-refractivity contribution in [3.63, 3.8) is 0 Å². The quantitative estimate of drug-likeness (QED) is 0.779. The van der Waals surface area contributed by atoms with Crippen LogP contribution in [0.2, 0.25) is 0 Å². The van der Waals surface area contributed by atoms with Crippen LogP contribution in [0.1, 0.15) is 42.7 Å². The zero-order chi connectivity index (χ0) is 20.4. The van der Waals surface area contributed by atoms with Gasteiger partial charge in [-0.15, -0.1) is 0 Å². The van der Waals surface area contributed by atoms with Gasteiger partial charge in [0.1, 0.15) is 5.76 Å². The van der Waals surface area contributed by atoms with Gasteiger partial charge in [0.15, 0.2) is 5.82 Å². The Kier molecular flexibility index (Phi) is 6.43. The fourth-order valence-electron chi connectivity index (χ4n) is 3.12. The number of aryl methyl sites for hydroxylation is 4. The van der Waals surface area contributed by atoms with E-state index in [4.69, 9.17) is 4.52 Å². The lowest BCUT2D eigenvalue weighted by molar-refractivity contribution is -0.116. The number of carbonyl (C=O) groups excluding carboxylic acids is 1. The summed E-state index contributed by atoms with van der Waals surface area (Å²) < 4.78 is 33.0.